The number of nitrogens with zero attached hydrogens (tertiary/aromatic N) is 6. The van der Waals surface area contributed by atoms with Gasteiger partial charge in [-0.25, -0.2) is 20.1 Å². The van der Waals surface area contributed by atoms with Crippen molar-refractivity contribution in [3.8, 4) is 0 Å². The smallest absolute Gasteiger partial charge is 0.222 e. The van der Waals surface area contributed by atoms with Gasteiger partial charge >= 0.3 is 0 Å². The molecule has 10 nitrogen and oxygen atoms in total. The second kappa shape index (κ2) is 5.75. The molecule has 0 bridgehead atoms. The third kappa shape index (κ3) is 3.84. The maximum atomic E-state index is 9.02. The Bertz CT molecular complexity index is 431. The zero-order valence-electron chi connectivity index (χ0n) is 9.89. The summed E-state index contributed by atoms with van der Waals surface area (Å²) < 4.78 is 0. The summed E-state index contributed by atoms with van der Waals surface area (Å²) in [5.41, 5.74) is 10.8. The molecule has 0 unspecified atom stereocenters. The van der Waals surface area contributed by atoms with Crippen LogP contribution < -0.4 is 11.5 Å². The van der Waals surface area contributed by atoms with Gasteiger partial charge in [-0.05, 0) is 0 Å². The Morgan fingerprint density at radius 1 is 1.06 bits per heavy atom. The third-order valence-electron chi connectivity index (χ3n) is 1.76. The lowest BCUT2D eigenvalue weighted by Gasteiger charge is -2.08. The van der Waals surface area contributed by atoms with Crippen LogP contribution in [0.4, 0.5) is 11.6 Å². The largest absolute Gasteiger partial charge is 0.368 e. The zero-order valence-corrected chi connectivity index (χ0v) is 9.89. The third-order valence-corrected chi connectivity index (χ3v) is 1.76. The van der Waals surface area contributed by atoms with Crippen molar-refractivity contribution in [1.82, 2.24) is 20.1 Å². The Morgan fingerprint density at radius 3 is 1.78 bits per heavy atom. The van der Waals surface area contributed by atoms with E-state index in [0.29, 0.717) is 10.1 Å². The molecule has 0 fully saturated rings. The number of hydroxylamine groups is 4. The number of rotatable bonds is 2. The summed E-state index contributed by atoms with van der Waals surface area (Å²) in [4.78, 5) is 15.2. The molecule has 1 rings (SSSR count). The van der Waals surface area contributed by atoms with E-state index in [0.717, 1.165) is 0 Å². The molecular formula is C8H14N8O2. The Hall–Kier alpha value is -2.46. The van der Waals surface area contributed by atoms with Gasteiger partial charge in [0.15, 0.2) is 11.6 Å². The summed E-state index contributed by atoms with van der Waals surface area (Å²) in [5.74, 6) is 0.0952. The van der Waals surface area contributed by atoms with Crippen LogP contribution in [-0.4, -0.2) is 56.5 Å². The molecule has 18 heavy (non-hydrogen) atoms. The summed E-state index contributed by atoms with van der Waals surface area (Å²) >= 11 is 0. The molecule has 10 heteroatoms. The lowest BCUT2D eigenvalue weighted by atomic mass is 10.5. The second-order valence-corrected chi connectivity index (χ2v) is 3.22. The lowest BCUT2D eigenvalue weighted by molar-refractivity contribution is 0.0119. The van der Waals surface area contributed by atoms with E-state index >= 15 is 0 Å². The van der Waals surface area contributed by atoms with Crippen LogP contribution in [0.5, 0.6) is 0 Å². The topological polar surface area (TPSA) is 149 Å². The molecule has 0 saturated carbocycles. The van der Waals surface area contributed by atoms with Gasteiger partial charge in [0.2, 0.25) is 11.9 Å². The normalized spacial score (nSPS) is 12.4. The van der Waals surface area contributed by atoms with Gasteiger partial charge in [0.05, 0.1) is 0 Å². The van der Waals surface area contributed by atoms with Gasteiger partial charge in [0.1, 0.15) is 6.33 Å². The van der Waals surface area contributed by atoms with Gasteiger partial charge in [-0.15, -0.1) is 0 Å². The van der Waals surface area contributed by atoms with E-state index in [1.54, 1.807) is 0 Å². The molecule has 0 aliphatic rings. The number of hydrogen-bond acceptors (Lipinski definition) is 6. The molecule has 1 aromatic heterocycles. The predicted molar refractivity (Wildman–Crippen MR) is 63.7 cm³/mol. The molecule has 0 atom stereocenters. The van der Waals surface area contributed by atoms with Gasteiger partial charge in [0.25, 0.3) is 0 Å². The number of aliphatic imine (C=N–C) groups is 2. The standard InChI is InChI=1S/C8H14N8O2/c1-15(17)7(9)13-5-3-6(12-4-11-5)14-8(10)16(2)18/h3-4,17-18H,1-2H3,(H4,9,10,11,12,13,14). The quantitative estimate of drug-likeness (QED) is 0.298. The average molecular weight is 254 g/mol. The van der Waals surface area contributed by atoms with Crippen molar-refractivity contribution in [1.29, 1.82) is 0 Å². The minimum absolute atomic E-state index is 0.143. The monoisotopic (exact) mass is 254 g/mol. The van der Waals surface area contributed by atoms with Crippen LogP contribution in [0.3, 0.4) is 0 Å². The van der Waals surface area contributed by atoms with Gasteiger partial charge in [-0.3, -0.25) is 10.4 Å². The van der Waals surface area contributed by atoms with Crippen LogP contribution in [0.2, 0.25) is 0 Å². The molecule has 0 amide bonds. The molecule has 6 N–H and O–H groups in total. The fourth-order valence-electron chi connectivity index (χ4n) is 0.839. The van der Waals surface area contributed by atoms with Crippen LogP contribution >= 0.6 is 0 Å². The Morgan fingerprint density at radius 2 is 1.44 bits per heavy atom. The van der Waals surface area contributed by atoms with Crippen molar-refractivity contribution in [3.05, 3.63) is 12.4 Å². The zero-order chi connectivity index (χ0) is 13.7. The van der Waals surface area contributed by atoms with Crippen molar-refractivity contribution >= 4 is 23.6 Å². The van der Waals surface area contributed by atoms with Gasteiger partial charge in [-0.2, -0.15) is 9.98 Å². The van der Waals surface area contributed by atoms with E-state index in [4.69, 9.17) is 21.9 Å². The Balaban J connectivity index is 3.00. The molecule has 1 heterocycles. The fraction of sp³-hybridized carbons (Fsp3) is 0.250. The first-order valence-electron chi connectivity index (χ1n) is 4.75. The number of hydrogen-bond donors (Lipinski definition) is 4. The highest BCUT2D eigenvalue weighted by molar-refractivity contribution is 5.80. The lowest BCUT2D eigenvalue weighted by Crippen LogP contribution is -2.30. The van der Waals surface area contributed by atoms with Crippen molar-refractivity contribution in [2.24, 2.45) is 21.5 Å². The molecular weight excluding hydrogens is 240 g/mol. The highest BCUT2D eigenvalue weighted by Crippen LogP contribution is 2.14. The number of aromatic nitrogens is 2. The van der Waals surface area contributed by atoms with Crippen LogP contribution in [-0.2, 0) is 0 Å². The van der Waals surface area contributed by atoms with Gasteiger partial charge in [0, 0.05) is 20.2 Å². The summed E-state index contributed by atoms with van der Waals surface area (Å²) in [5, 5.41) is 19.3. The highest BCUT2D eigenvalue weighted by atomic mass is 16.5. The van der Waals surface area contributed by atoms with Gasteiger partial charge in [-0.1, -0.05) is 0 Å². The Kier molecular flexibility index (Phi) is 4.34. The summed E-state index contributed by atoms with van der Waals surface area (Å²) in [6.07, 6.45) is 1.20. The first kappa shape index (κ1) is 13.6. The van der Waals surface area contributed by atoms with E-state index in [-0.39, 0.29) is 23.6 Å². The fourth-order valence-corrected chi connectivity index (χ4v) is 0.839. The predicted octanol–water partition coefficient (Wildman–Crippen LogP) is -0.989. The molecule has 1 aromatic rings. The van der Waals surface area contributed by atoms with Crippen molar-refractivity contribution < 1.29 is 10.4 Å². The number of guanidine groups is 2. The SMILES string of the molecule is CN(O)C(N)=Nc1cc(N=C(N)N(C)O)ncn1. The molecule has 0 spiro atoms. The summed E-state index contributed by atoms with van der Waals surface area (Å²) in [6, 6.07) is 1.38. The van der Waals surface area contributed by atoms with Crippen molar-refractivity contribution in [3.63, 3.8) is 0 Å². The molecule has 0 saturated heterocycles. The van der Waals surface area contributed by atoms with E-state index < -0.39 is 0 Å². The van der Waals surface area contributed by atoms with Crippen molar-refractivity contribution in [2.75, 3.05) is 14.1 Å². The average Bonchev–Trinajstić information content (AvgIpc) is 2.29. The van der Waals surface area contributed by atoms with Gasteiger partial charge < -0.3 is 11.5 Å². The first-order valence-corrected chi connectivity index (χ1v) is 4.75. The van der Waals surface area contributed by atoms with Crippen LogP contribution in [0, 0.1) is 0 Å². The first-order chi connectivity index (χ1) is 8.40. The van der Waals surface area contributed by atoms with E-state index in [1.165, 1.54) is 26.5 Å². The van der Waals surface area contributed by atoms with E-state index in [9.17, 15) is 0 Å². The molecule has 0 radical (unpaired) electrons. The van der Waals surface area contributed by atoms with Crippen LogP contribution in [0.25, 0.3) is 0 Å². The molecule has 98 valence electrons. The minimum Gasteiger partial charge on any atom is -0.368 e. The summed E-state index contributed by atoms with van der Waals surface area (Å²) in [6.45, 7) is 0. The molecule has 0 aromatic carbocycles. The van der Waals surface area contributed by atoms with E-state index in [1.807, 2.05) is 0 Å². The van der Waals surface area contributed by atoms with Crippen molar-refractivity contribution in [2.45, 2.75) is 0 Å². The highest BCUT2D eigenvalue weighted by Gasteiger charge is 2.02. The summed E-state index contributed by atoms with van der Waals surface area (Å²) in [7, 11) is 2.63. The number of nitrogens with two attached hydrogens (primary N) is 2. The molecule has 0 aliphatic heterocycles. The maximum Gasteiger partial charge on any atom is 0.222 e. The Labute approximate surface area is 103 Å². The van der Waals surface area contributed by atoms with Crippen LogP contribution in [0.15, 0.2) is 22.4 Å². The maximum absolute atomic E-state index is 9.02. The van der Waals surface area contributed by atoms with E-state index in [2.05, 4.69) is 20.0 Å². The minimum atomic E-state index is -0.143. The molecule has 0 aliphatic carbocycles. The van der Waals surface area contributed by atoms with Crippen LogP contribution in [0.1, 0.15) is 0 Å². The second-order valence-electron chi connectivity index (χ2n) is 3.22.